The predicted molar refractivity (Wildman–Crippen MR) is 61.1 cm³/mol. The molecule has 0 aromatic carbocycles. The zero-order valence-corrected chi connectivity index (χ0v) is 10.4. The number of rotatable bonds is 3. The molecule has 2 rings (SSSR count). The molecule has 84 valence electrons. The highest BCUT2D eigenvalue weighted by Gasteiger charge is 2.26. The van der Waals surface area contributed by atoms with Crippen LogP contribution in [-0.4, -0.2) is 14.8 Å². The van der Waals surface area contributed by atoms with Crippen molar-refractivity contribution >= 4 is 11.6 Å². The van der Waals surface area contributed by atoms with Crippen LogP contribution < -0.4 is 0 Å². The van der Waals surface area contributed by atoms with Crippen molar-refractivity contribution in [3.8, 4) is 0 Å². The average Bonchev–Trinajstić information content (AvgIpc) is 2.86. The molecule has 1 aliphatic carbocycles. The number of aromatic nitrogens is 3. The normalized spacial score (nSPS) is 17.1. The fourth-order valence-corrected chi connectivity index (χ4v) is 1.96. The summed E-state index contributed by atoms with van der Waals surface area (Å²) >= 11 is 6.04. The Kier molecular flexibility index (Phi) is 2.75. The van der Waals surface area contributed by atoms with E-state index < -0.39 is 0 Å². The van der Waals surface area contributed by atoms with E-state index in [1.807, 2.05) is 0 Å². The van der Waals surface area contributed by atoms with E-state index in [0.717, 1.165) is 18.3 Å². The molecule has 4 heteroatoms. The Balaban J connectivity index is 2.15. The van der Waals surface area contributed by atoms with Crippen LogP contribution in [0, 0.1) is 5.92 Å². The van der Waals surface area contributed by atoms with Crippen LogP contribution in [0.3, 0.4) is 0 Å². The van der Waals surface area contributed by atoms with Crippen molar-refractivity contribution in [2.45, 2.75) is 52.0 Å². The largest absolute Gasteiger partial charge is 0.301 e. The summed E-state index contributed by atoms with van der Waals surface area (Å²) in [6.07, 6.45) is 3.97. The molecule has 1 aromatic heterocycles. The monoisotopic (exact) mass is 227 g/mol. The standard InChI is InChI=1S/C11H18ClN3/c1-11(2,3)9-13-14-10(12)15(9)7-6-8-4-5-8/h8H,4-7H2,1-3H3. The van der Waals surface area contributed by atoms with E-state index in [2.05, 4.69) is 35.5 Å². The van der Waals surface area contributed by atoms with Gasteiger partial charge in [0.1, 0.15) is 5.82 Å². The van der Waals surface area contributed by atoms with E-state index in [0.29, 0.717) is 5.28 Å². The molecule has 0 radical (unpaired) electrons. The Morgan fingerprint density at radius 2 is 2.00 bits per heavy atom. The summed E-state index contributed by atoms with van der Waals surface area (Å²) < 4.78 is 2.06. The lowest BCUT2D eigenvalue weighted by Gasteiger charge is -2.18. The number of nitrogens with zero attached hydrogens (tertiary/aromatic N) is 3. The Labute approximate surface area is 95.8 Å². The number of hydrogen-bond acceptors (Lipinski definition) is 2. The van der Waals surface area contributed by atoms with Gasteiger partial charge in [0, 0.05) is 12.0 Å². The highest BCUT2D eigenvalue weighted by atomic mass is 35.5. The van der Waals surface area contributed by atoms with Gasteiger partial charge < -0.3 is 4.57 Å². The third kappa shape index (κ3) is 2.51. The van der Waals surface area contributed by atoms with E-state index in [9.17, 15) is 0 Å². The van der Waals surface area contributed by atoms with E-state index in [4.69, 9.17) is 11.6 Å². The maximum absolute atomic E-state index is 6.04. The molecule has 0 N–H and O–H groups in total. The molecule has 1 fully saturated rings. The Morgan fingerprint density at radius 1 is 1.33 bits per heavy atom. The minimum absolute atomic E-state index is 0.0176. The lowest BCUT2D eigenvalue weighted by Crippen LogP contribution is -2.19. The first-order valence-electron chi connectivity index (χ1n) is 5.57. The van der Waals surface area contributed by atoms with Gasteiger partial charge in [-0.05, 0) is 23.9 Å². The molecular formula is C11H18ClN3. The van der Waals surface area contributed by atoms with Gasteiger partial charge >= 0.3 is 0 Å². The minimum atomic E-state index is 0.0176. The fourth-order valence-electron chi connectivity index (χ4n) is 1.76. The zero-order valence-electron chi connectivity index (χ0n) is 9.63. The fraction of sp³-hybridized carbons (Fsp3) is 0.818. The highest BCUT2D eigenvalue weighted by molar-refractivity contribution is 6.28. The van der Waals surface area contributed by atoms with E-state index in [-0.39, 0.29) is 5.41 Å². The van der Waals surface area contributed by atoms with Crippen LogP contribution in [0.2, 0.25) is 5.28 Å². The van der Waals surface area contributed by atoms with Gasteiger partial charge in [-0.15, -0.1) is 10.2 Å². The molecular weight excluding hydrogens is 210 g/mol. The third-order valence-electron chi connectivity index (χ3n) is 2.83. The second-order valence-electron chi connectivity index (χ2n) is 5.43. The molecule has 0 atom stereocenters. The zero-order chi connectivity index (χ0) is 11.1. The molecule has 1 aliphatic rings. The van der Waals surface area contributed by atoms with Gasteiger partial charge in [0.2, 0.25) is 5.28 Å². The summed E-state index contributed by atoms with van der Waals surface area (Å²) in [5, 5.41) is 8.65. The van der Waals surface area contributed by atoms with Crippen molar-refractivity contribution in [3.63, 3.8) is 0 Å². The van der Waals surface area contributed by atoms with Gasteiger partial charge in [-0.3, -0.25) is 0 Å². The van der Waals surface area contributed by atoms with Gasteiger partial charge in [0.25, 0.3) is 0 Å². The molecule has 0 unspecified atom stereocenters. The first-order valence-corrected chi connectivity index (χ1v) is 5.95. The van der Waals surface area contributed by atoms with Crippen LogP contribution in [0.15, 0.2) is 0 Å². The van der Waals surface area contributed by atoms with Crippen molar-refractivity contribution in [3.05, 3.63) is 11.1 Å². The Bertz CT molecular complexity index is 347. The van der Waals surface area contributed by atoms with Crippen LogP contribution in [0.25, 0.3) is 0 Å². The van der Waals surface area contributed by atoms with Crippen molar-refractivity contribution in [2.75, 3.05) is 0 Å². The first kappa shape index (κ1) is 10.9. The SMILES string of the molecule is CC(C)(C)c1nnc(Cl)n1CCC1CC1. The smallest absolute Gasteiger partial charge is 0.225 e. The summed E-state index contributed by atoms with van der Waals surface area (Å²) in [6.45, 7) is 7.38. The third-order valence-corrected chi connectivity index (χ3v) is 3.11. The predicted octanol–water partition coefficient (Wildman–Crippen LogP) is 3.03. The van der Waals surface area contributed by atoms with Crippen LogP contribution >= 0.6 is 11.6 Å². The lowest BCUT2D eigenvalue weighted by atomic mass is 9.95. The molecule has 0 aliphatic heterocycles. The summed E-state index contributed by atoms with van der Waals surface area (Å²) in [4.78, 5) is 0. The van der Waals surface area contributed by atoms with Gasteiger partial charge in [-0.1, -0.05) is 33.6 Å². The van der Waals surface area contributed by atoms with Crippen LogP contribution in [0.4, 0.5) is 0 Å². The molecule has 15 heavy (non-hydrogen) atoms. The Morgan fingerprint density at radius 3 is 2.53 bits per heavy atom. The summed E-state index contributed by atoms with van der Waals surface area (Å²) in [5.41, 5.74) is 0.0176. The Hall–Kier alpha value is -0.570. The first-order chi connectivity index (χ1) is 6.98. The van der Waals surface area contributed by atoms with Crippen LogP contribution in [0.5, 0.6) is 0 Å². The lowest BCUT2D eigenvalue weighted by molar-refractivity contribution is 0.481. The second kappa shape index (κ2) is 3.78. The molecule has 1 saturated carbocycles. The number of halogens is 1. The van der Waals surface area contributed by atoms with Gasteiger partial charge in [0.15, 0.2) is 0 Å². The van der Waals surface area contributed by atoms with E-state index in [1.165, 1.54) is 19.3 Å². The van der Waals surface area contributed by atoms with Crippen LogP contribution in [0.1, 0.15) is 45.9 Å². The van der Waals surface area contributed by atoms with Gasteiger partial charge in [-0.25, -0.2) is 0 Å². The van der Waals surface area contributed by atoms with Gasteiger partial charge in [0.05, 0.1) is 0 Å². The average molecular weight is 228 g/mol. The molecule has 0 amide bonds. The maximum atomic E-state index is 6.04. The summed E-state index contributed by atoms with van der Waals surface area (Å²) in [6, 6.07) is 0. The molecule has 1 aromatic rings. The summed E-state index contributed by atoms with van der Waals surface area (Å²) in [7, 11) is 0. The van der Waals surface area contributed by atoms with Gasteiger partial charge in [-0.2, -0.15) is 0 Å². The second-order valence-corrected chi connectivity index (χ2v) is 5.76. The molecule has 0 bridgehead atoms. The van der Waals surface area contributed by atoms with E-state index in [1.54, 1.807) is 0 Å². The van der Waals surface area contributed by atoms with Crippen molar-refractivity contribution < 1.29 is 0 Å². The highest BCUT2D eigenvalue weighted by Crippen LogP contribution is 2.33. The number of hydrogen-bond donors (Lipinski definition) is 0. The summed E-state index contributed by atoms with van der Waals surface area (Å²) in [5.74, 6) is 1.91. The maximum Gasteiger partial charge on any atom is 0.225 e. The van der Waals surface area contributed by atoms with Crippen molar-refractivity contribution in [1.29, 1.82) is 0 Å². The molecule has 0 saturated heterocycles. The molecule has 1 heterocycles. The molecule has 0 spiro atoms. The van der Waals surface area contributed by atoms with Crippen LogP contribution in [-0.2, 0) is 12.0 Å². The van der Waals surface area contributed by atoms with Crippen molar-refractivity contribution in [1.82, 2.24) is 14.8 Å². The van der Waals surface area contributed by atoms with Crippen molar-refractivity contribution in [2.24, 2.45) is 5.92 Å². The molecule has 3 nitrogen and oxygen atoms in total. The minimum Gasteiger partial charge on any atom is -0.301 e. The topological polar surface area (TPSA) is 30.7 Å². The quantitative estimate of drug-likeness (QED) is 0.795. The van der Waals surface area contributed by atoms with E-state index >= 15 is 0 Å².